The fourth-order valence-electron chi connectivity index (χ4n) is 2.97. The average Bonchev–Trinajstić information content (AvgIpc) is 2.63. The minimum atomic E-state index is -0.368. The quantitative estimate of drug-likeness (QED) is 0.564. The Morgan fingerprint density at radius 3 is 2.54 bits per heavy atom. The van der Waals surface area contributed by atoms with Crippen molar-refractivity contribution >= 4 is 40.2 Å². The van der Waals surface area contributed by atoms with E-state index >= 15 is 0 Å². The molecule has 1 atom stereocenters. The van der Waals surface area contributed by atoms with Gasteiger partial charge in [0, 0.05) is 22.2 Å². The lowest BCUT2D eigenvalue weighted by Gasteiger charge is -2.14. The number of nitrogens with one attached hydrogen (secondary N) is 1. The normalized spacial score (nSPS) is 12.1. The molecule has 0 aliphatic carbocycles. The Bertz CT molecular complexity index is 1060. The van der Waals surface area contributed by atoms with E-state index in [-0.39, 0.29) is 17.6 Å². The molecule has 1 aromatic heterocycles. The smallest absolute Gasteiger partial charge is 0.336 e. The van der Waals surface area contributed by atoms with Crippen molar-refractivity contribution in [2.75, 3.05) is 5.75 Å². The van der Waals surface area contributed by atoms with Crippen LogP contribution in [-0.2, 0) is 10.5 Å². The first-order chi connectivity index (χ1) is 13.3. The van der Waals surface area contributed by atoms with Crippen LogP contribution >= 0.6 is 23.4 Å². The summed E-state index contributed by atoms with van der Waals surface area (Å²) in [7, 11) is 0. The molecule has 0 aliphatic heterocycles. The number of carbonyl (C=O) groups excluding carboxylic acids is 1. The van der Waals surface area contributed by atoms with Gasteiger partial charge in [-0.25, -0.2) is 4.79 Å². The van der Waals surface area contributed by atoms with Gasteiger partial charge < -0.3 is 9.73 Å². The number of halogens is 1. The van der Waals surface area contributed by atoms with Gasteiger partial charge in [0.25, 0.3) is 0 Å². The van der Waals surface area contributed by atoms with Crippen LogP contribution in [0.3, 0.4) is 0 Å². The van der Waals surface area contributed by atoms with E-state index in [0.29, 0.717) is 22.1 Å². The van der Waals surface area contributed by atoms with Crippen LogP contribution in [0.25, 0.3) is 11.0 Å². The summed E-state index contributed by atoms with van der Waals surface area (Å²) in [6.45, 7) is 5.96. The highest BCUT2D eigenvalue weighted by molar-refractivity contribution is 7.99. The average molecular weight is 416 g/mol. The fourth-order valence-corrected chi connectivity index (χ4v) is 3.93. The summed E-state index contributed by atoms with van der Waals surface area (Å²) in [5.41, 5.74) is 4.33. The molecular weight excluding hydrogens is 394 g/mol. The van der Waals surface area contributed by atoms with E-state index in [1.54, 1.807) is 0 Å². The van der Waals surface area contributed by atoms with Gasteiger partial charge in [-0.2, -0.15) is 0 Å². The maximum absolute atomic E-state index is 12.3. The molecule has 0 unspecified atom stereocenters. The van der Waals surface area contributed by atoms with Gasteiger partial charge in [0.15, 0.2) is 0 Å². The summed E-state index contributed by atoms with van der Waals surface area (Å²) in [6, 6.07) is 12.8. The number of hydrogen-bond acceptors (Lipinski definition) is 4. The van der Waals surface area contributed by atoms with Crippen molar-refractivity contribution in [3.05, 3.63) is 80.2 Å². The number of hydrogen-bond donors (Lipinski definition) is 1. The van der Waals surface area contributed by atoms with E-state index in [1.807, 2.05) is 57.2 Å². The molecule has 1 amide bonds. The van der Waals surface area contributed by atoms with Gasteiger partial charge >= 0.3 is 5.63 Å². The van der Waals surface area contributed by atoms with Crippen LogP contribution in [0.2, 0.25) is 5.02 Å². The third-order valence-electron chi connectivity index (χ3n) is 4.68. The van der Waals surface area contributed by atoms with Crippen molar-refractivity contribution < 1.29 is 9.21 Å². The maximum Gasteiger partial charge on any atom is 0.336 e. The van der Waals surface area contributed by atoms with Crippen molar-refractivity contribution in [2.45, 2.75) is 32.6 Å². The summed E-state index contributed by atoms with van der Waals surface area (Å²) in [6.07, 6.45) is 0. The summed E-state index contributed by atoms with van der Waals surface area (Å²) in [4.78, 5) is 24.1. The van der Waals surface area contributed by atoms with Gasteiger partial charge in [0.1, 0.15) is 5.58 Å². The van der Waals surface area contributed by atoms with E-state index in [1.165, 1.54) is 17.8 Å². The largest absolute Gasteiger partial charge is 0.423 e. The van der Waals surface area contributed by atoms with Crippen molar-refractivity contribution in [3.8, 4) is 0 Å². The molecular formula is C22H22ClNO3S. The number of amides is 1. The molecule has 4 nitrogen and oxygen atoms in total. The number of thioether (sulfide) groups is 1. The van der Waals surface area contributed by atoms with Gasteiger partial charge in [0.05, 0.1) is 11.8 Å². The molecule has 0 radical (unpaired) electrons. The second-order valence-corrected chi connectivity index (χ2v) is 8.28. The van der Waals surface area contributed by atoms with Crippen LogP contribution in [0, 0.1) is 13.8 Å². The minimum absolute atomic E-state index is 0.0493. The zero-order valence-electron chi connectivity index (χ0n) is 16.0. The second-order valence-electron chi connectivity index (χ2n) is 6.86. The molecule has 3 aromatic rings. The molecule has 0 spiro atoms. The number of fused-ring (bicyclic) bond motifs is 1. The lowest BCUT2D eigenvalue weighted by atomic mass is 10.0. The molecule has 0 saturated carbocycles. The molecule has 0 aliphatic rings. The summed E-state index contributed by atoms with van der Waals surface area (Å²) < 4.78 is 5.32. The Balaban J connectivity index is 1.63. The van der Waals surface area contributed by atoms with Crippen molar-refractivity contribution in [1.82, 2.24) is 5.32 Å². The molecule has 0 fully saturated rings. The van der Waals surface area contributed by atoms with Gasteiger partial charge in [-0.05, 0) is 67.3 Å². The lowest BCUT2D eigenvalue weighted by Crippen LogP contribution is -2.28. The molecule has 146 valence electrons. The maximum atomic E-state index is 12.3. The number of rotatable bonds is 6. The van der Waals surface area contributed by atoms with E-state index in [0.717, 1.165) is 27.6 Å². The van der Waals surface area contributed by atoms with Crippen LogP contribution in [0.1, 0.15) is 35.2 Å². The fraction of sp³-hybridized carbons (Fsp3) is 0.273. The van der Waals surface area contributed by atoms with Gasteiger partial charge in [0.2, 0.25) is 5.91 Å². The van der Waals surface area contributed by atoms with E-state index in [9.17, 15) is 9.59 Å². The molecule has 6 heteroatoms. The topological polar surface area (TPSA) is 59.3 Å². The Hall–Kier alpha value is -2.24. The zero-order chi connectivity index (χ0) is 20.3. The molecule has 2 aromatic carbocycles. The summed E-state index contributed by atoms with van der Waals surface area (Å²) >= 11 is 7.37. The highest BCUT2D eigenvalue weighted by atomic mass is 35.5. The van der Waals surface area contributed by atoms with Crippen LogP contribution < -0.4 is 10.9 Å². The summed E-state index contributed by atoms with van der Waals surface area (Å²) in [5, 5.41) is 4.57. The van der Waals surface area contributed by atoms with E-state index in [2.05, 4.69) is 5.32 Å². The monoisotopic (exact) mass is 415 g/mol. The molecule has 3 rings (SSSR count). The SMILES string of the molecule is Cc1cc2oc(=O)cc(CSCC(=O)N[C@@H](C)c3ccc(Cl)cc3)c2cc1C. The first-order valence-electron chi connectivity index (χ1n) is 9.00. The van der Waals surface area contributed by atoms with Crippen LogP contribution in [0.5, 0.6) is 0 Å². The predicted octanol–water partition coefficient (Wildman–Crippen LogP) is 5.17. The third kappa shape index (κ3) is 4.97. The molecule has 1 N–H and O–H groups in total. The zero-order valence-corrected chi connectivity index (χ0v) is 17.6. The Labute approximate surface area is 173 Å². The van der Waals surface area contributed by atoms with Gasteiger partial charge in [-0.15, -0.1) is 11.8 Å². The van der Waals surface area contributed by atoms with Crippen molar-refractivity contribution in [1.29, 1.82) is 0 Å². The van der Waals surface area contributed by atoms with Gasteiger partial charge in [-0.1, -0.05) is 23.7 Å². The highest BCUT2D eigenvalue weighted by Crippen LogP contribution is 2.24. The first-order valence-corrected chi connectivity index (χ1v) is 10.5. The van der Waals surface area contributed by atoms with Crippen molar-refractivity contribution in [2.24, 2.45) is 0 Å². The highest BCUT2D eigenvalue weighted by Gasteiger charge is 2.12. The van der Waals surface area contributed by atoms with Crippen LogP contribution in [0.4, 0.5) is 0 Å². The molecule has 0 bridgehead atoms. The molecule has 28 heavy (non-hydrogen) atoms. The Morgan fingerprint density at radius 1 is 1.14 bits per heavy atom. The van der Waals surface area contributed by atoms with Gasteiger partial charge in [-0.3, -0.25) is 4.79 Å². The van der Waals surface area contributed by atoms with Crippen molar-refractivity contribution in [3.63, 3.8) is 0 Å². The number of aryl methyl sites for hydroxylation is 2. The Kier molecular flexibility index (Phi) is 6.47. The number of carbonyl (C=O) groups is 1. The Morgan fingerprint density at radius 2 is 1.82 bits per heavy atom. The standard InChI is InChI=1S/C22H22ClNO3S/c1-13-8-19-17(10-22(26)27-20(19)9-14(13)2)11-28-12-21(25)24-15(3)16-4-6-18(23)7-5-16/h4-10,15H,11-12H2,1-3H3,(H,24,25)/t15-/m0/s1. The number of benzene rings is 2. The van der Waals surface area contributed by atoms with E-state index in [4.69, 9.17) is 16.0 Å². The van der Waals surface area contributed by atoms with E-state index < -0.39 is 0 Å². The van der Waals surface area contributed by atoms with Crippen LogP contribution in [-0.4, -0.2) is 11.7 Å². The third-order valence-corrected chi connectivity index (χ3v) is 5.92. The summed E-state index contributed by atoms with van der Waals surface area (Å²) in [5.74, 6) is 0.824. The molecule has 0 saturated heterocycles. The minimum Gasteiger partial charge on any atom is -0.423 e. The first kappa shape index (κ1) is 20.5. The second kappa shape index (κ2) is 8.84. The van der Waals surface area contributed by atoms with Crippen LogP contribution in [0.15, 0.2) is 51.7 Å². The molecule has 1 heterocycles. The lowest BCUT2D eigenvalue weighted by molar-refractivity contribution is -0.119. The predicted molar refractivity (Wildman–Crippen MR) is 116 cm³/mol.